The van der Waals surface area contributed by atoms with E-state index in [0.717, 1.165) is 13.1 Å². The van der Waals surface area contributed by atoms with Crippen LogP contribution in [-0.4, -0.2) is 67.0 Å². The second-order valence-electron chi connectivity index (χ2n) is 6.81. The van der Waals surface area contributed by atoms with Crippen molar-refractivity contribution in [3.8, 4) is 0 Å². The monoisotopic (exact) mass is 304 g/mol. The lowest BCUT2D eigenvalue weighted by molar-refractivity contribution is 0.209. The van der Waals surface area contributed by atoms with Crippen molar-refractivity contribution in [3.63, 3.8) is 0 Å². The van der Waals surface area contributed by atoms with Crippen LogP contribution in [-0.2, 0) is 0 Å². The summed E-state index contributed by atoms with van der Waals surface area (Å²) in [4.78, 5) is 12.2. The molecule has 0 radical (unpaired) electrons. The number of hydrogen-bond donors (Lipinski definition) is 0. The first kappa shape index (κ1) is 17.4. The van der Waals surface area contributed by atoms with Gasteiger partial charge in [-0.15, -0.1) is 0 Å². The lowest BCUT2D eigenvalue weighted by Crippen LogP contribution is -2.32. The van der Waals surface area contributed by atoms with E-state index in [0.29, 0.717) is 12.1 Å². The van der Waals surface area contributed by atoms with Gasteiger partial charge in [0.05, 0.1) is 11.4 Å². The van der Waals surface area contributed by atoms with Gasteiger partial charge in [0.1, 0.15) is 0 Å². The molecular weight excluding hydrogens is 272 g/mol. The van der Waals surface area contributed by atoms with E-state index in [2.05, 4.69) is 67.9 Å². The molecule has 2 rings (SSSR count). The molecule has 2 heterocycles. The molecule has 0 saturated carbocycles. The van der Waals surface area contributed by atoms with E-state index in [1.165, 1.54) is 37.3 Å². The molecule has 0 saturated heterocycles. The molecule has 0 spiro atoms. The van der Waals surface area contributed by atoms with Crippen LogP contribution in [0.5, 0.6) is 0 Å². The van der Waals surface area contributed by atoms with E-state index in [4.69, 9.17) is 4.98 Å². The van der Waals surface area contributed by atoms with Crippen molar-refractivity contribution in [1.82, 2.24) is 19.7 Å². The molecule has 4 heteroatoms. The van der Waals surface area contributed by atoms with Crippen molar-refractivity contribution < 1.29 is 0 Å². The van der Waals surface area contributed by atoms with E-state index >= 15 is 0 Å². The van der Waals surface area contributed by atoms with Gasteiger partial charge in [0.2, 0.25) is 0 Å². The smallest absolute Gasteiger partial charge is 0.0576 e. The number of hydrogen-bond acceptors (Lipinski definition) is 4. The van der Waals surface area contributed by atoms with Gasteiger partial charge in [0, 0.05) is 12.1 Å². The summed E-state index contributed by atoms with van der Waals surface area (Å²) >= 11 is 0. The zero-order valence-corrected chi connectivity index (χ0v) is 14.9. The molecule has 2 bridgehead atoms. The largest absolute Gasteiger partial charge is 0.306 e. The highest BCUT2D eigenvalue weighted by atomic mass is 15.2. The normalized spacial score (nSPS) is 27.5. The maximum Gasteiger partial charge on any atom is 0.0576 e. The fraction of sp³-hybridized carbons (Fsp3) is 0.722. The molecule has 4 nitrogen and oxygen atoms in total. The predicted molar refractivity (Wildman–Crippen MR) is 93.1 cm³/mol. The van der Waals surface area contributed by atoms with Crippen molar-refractivity contribution in [1.29, 1.82) is 0 Å². The minimum Gasteiger partial charge on any atom is -0.306 e. The Labute approximate surface area is 136 Å². The first-order chi connectivity index (χ1) is 10.5. The van der Waals surface area contributed by atoms with Crippen LogP contribution in [0.15, 0.2) is 18.2 Å². The van der Waals surface area contributed by atoms with E-state index in [1.54, 1.807) is 0 Å². The Morgan fingerprint density at radius 1 is 0.818 bits per heavy atom. The summed E-state index contributed by atoms with van der Waals surface area (Å²) < 4.78 is 0. The standard InChI is InChI=1S/C18H32N4/c1-15-17-9-6-10-18(19-17)16(2)22(5)14-8-12-20(3)11-7-13-21(15)4/h6,9-10,15-16H,7-8,11-14H2,1-5H3. The van der Waals surface area contributed by atoms with Crippen LogP contribution < -0.4 is 0 Å². The first-order valence-corrected chi connectivity index (χ1v) is 8.55. The van der Waals surface area contributed by atoms with E-state index < -0.39 is 0 Å². The summed E-state index contributed by atoms with van der Waals surface area (Å²) in [7, 11) is 6.66. The maximum absolute atomic E-state index is 4.94. The third-order valence-electron chi connectivity index (χ3n) is 5.07. The van der Waals surface area contributed by atoms with Crippen molar-refractivity contribution >= 4 is 0 Å². The molecule has 1 aromatic rings. The quantitative estimate of drug-likeness (QED) is 0.735. The van der Waals surface area contributed by atoms with E-state index in [1.807, 2.05) is 0 Å². The van der Waals surface area contributed by atoms with Crippen molar-refractivity contribution in [2.24, 2.45) is 0 Å². The van der Waals surface area contributed by atoms with Crippen molar-refractivity contribution in [3.05, 3.63) is 29.6 Å². The third-order valence-corrected chi connectivity index (χ3v) is 5.07. The molecule has 2 unspecified atom stereocenters. The zero-order valence-electron chi connectivity index (χ0n) is 14.9. The van der Waals surface area contributed by atoms with Crippen LogP contribution in [0.1, 0.15) is 50.2 Å². The van der Waals surface area contributed by atoms with Crippen LogP contribution in [0.4, 0.5) is 0 Å². The summed E-state index contributed by atoms with van der Waals surface area (Å²) in [5.74, 6) is 0. The van der Waals surface area contributed by atoms with Gasteiger partial charge in [-0.1, -0.05) is 6.07 Å². The van der Waals surface area contributed by atoms with Crippen molar-refractivity contribution in [2.45, 2.75) is 38.8 Å². The van der Waals surface area contributed by atoms with Crippen molar-refractivity contribution in [2.75, 3.05) is 47.3 Å². The van der Waals surface area contributed by atoms with Gasteiger partial charge in [-0.3, -0.25) is 14.8 Å². The molecule has 1 aliphatic rings. The molecule has 22 heavy (non-hydrogen) atoms. The molecule has 1 aromatic heterocycles. The minimum absolute atomic E-state index is 0.366. The van der Waals surface area contributed by atoms with Crippen LogP contribution >= 0.6 is 0 Å². The Bertz CT molecular complexity index is 425. The number of rotatable bonds is 0. The summed E-state index contributed by atoms with van der Waals surface area (Å²) in [5.41, 5.74) is 2.37. The Kier molecular flexibility index (Phi) is 6.36. The van der Waals surface area contributed by atoms with Crippen LogP contribution in [0.2, 0.25) is 0 Å². The van der Waals surface area contributed by atoms with Gasteiger partial charge in [-0.25, -0.2) is 0 Å². The average molecular weight is 304 g/mol. The van der Waals surface area contributed by atoms with Gasteiger partial charge in [-0.2, -0.15) is 0 Å². The molecule has 0 aliphatic carbocycles. The predicted octanol–water partition coefficient (Wildman–Crippen LogP) is 2.79. The van der Waals surface area contributed by atoms with Gasteiger partial charge < -0.3 is 4.90 Å². The summed E-state index contributed by atoms with van der Waals surface area (Å²) in [5, 5.41) is 0. The average Bonchev–Trinajstić information content (AvgIpc) is 2.52. The van der Waals surface area contributed by atoms with E-state index in [9.17, 15) is 0 Å². The van der Waals surface area contributed by atoms with Gasteiger partial charge in [0.25, 0.3) is 0 Å². The van der Waals surface area contributed by atoms with Crippen LogP contribution in [0, 0.1) is 0 Å². The summed E-state index contributed by atoms with van der Waals surface area (Å²) in [6, 6.07) is 7.22. The lowest BCUT2D eigenvalue weighted by Gasteiger charge is -2.29. The van der Waals surface area contributed by atoms with Crippen LogP contribution in [0.25, 0.3) is 0 Å². The molecule has 0 N–H and O–H groups in total. The maximum atomic E-state index is 4.94. The second kappa shape index (κ2) is 8.04. The second-order valence-corrected chi connectivity index (χ2v) is 6.81. The fourth-order valence-corrected chi connectivity index (χ4v) is 3.07. The van der Waals surface area contributed by atoms with Gasteiger partial charge >= 0.3 is 0 Å². The molecule has 2 atom stereocenters. The molecule has 1 aliphatic heterocycles. The SMILES string of the molecule is CC1c2cccc(n2)C(C)N(C)CCCN(C)CCCN1C. The highest BCUT2D eigenvalue weighted by Crippen LogP contribution is 2.22. The lowest BCUT2D eigenvalue weighted by atomic mass is 10.1. The Balaban J connectivity index is 2.21. The fourth-order valence-electron chi connectivity index (χ4n) is 3.07. The molecule has 0 amide bonds. The molecular formula is C18H32N4. The van der Waals surface area contributed by atoms with E-state index in [-0.39, 0.29) is 0 Å². The Hall–Kier alpha value is -0.970. The number of fused-ring (bicyclic) bond motifs is 2. The number of pyridine rings is 1. The molecule has 0 fully saturated rings. The zero-order chi connectivity index (χ0) is 16.1. The molecule has 124 valence electrons. The van der Waals surface area contributed by atoms with Crippen LogP contribution in [0.3, 0.4) is 0 Å². The summed E-state index contributed by atoms with van der Waals surface area (Å²) in [6.45, 7) is 9.10. The summed E-state index contributed by atoms with van der Waals surface area (Å²) in [6.07, 6.45) is 2.42. The Morgan fingerprint density at radius 2 is 1.27 bits per heavy atom. The topological polar surface area (TPSA) is 22.6 Å². The minimum atomic E-state index is 0.366. The van der Waals surface area contributed by atoms with Gasteiger partial charge in [-0.05, 0) is 86.1 Å². The third kappa shape index (κ3) is 4.51. The van der Waals surface area contributed by atoms with Gasteiger partial charge in [0.15, 0.2) is 0 Å². The highest BCUT2D eigenvalue weighted by molar-refractivity contribution is 5.16. The number of nitrogens with zero attached hydrogens (tertiary/aromatic N) is 4. The highest BCUT2D eigenvalue weighted by Gasteiger charge is 2.18. The first-order valence-electron chi connectivity index (χ1n) is 8.55. The number of aromatic nitrogens is 1. The molecule has 0 aromatic carbocycles. The Morgan fingerprint density at radius 3 is 1.73 bits per heavy atom.